The van der Waals surface area contributed by atoms with Crippen LogP contribution in [0.25, 0.3) is 0 Å². The first-order valence-electron chi connectivity index (χ1n) is 9.02. The molecule has 1 saturated heterocycles. The number of hydrogen-bond acceptors (Lipinski definition) is 5. The second-order valence-electron chi connectivity index (χ2n) is 6.13. The van der Waals surface area contributed by atoms with Crippen molar-refractivity contribution in [3.63, 3.8) is 0 Å². The zero-order valence-electron chi connectivity index (χ0n) is 16.2. The van der Waals surface area contributed by atoms with Crippen molar-refractivity contribution in [1.82, 2.24) is 15.5 Å². The van der Waals surface area contributed by atoms with Crippen LogP contribution in [0.2, 0.25) is 0 Å². The largest absolute Gasteiger partial charge is 0.465 e. The summed E-state index contributed by atoms with van der Waals surface area (Å²) in [5.74, 6) is 1.63. The quantitative estimate of drug-likeness (QED) is 0.190. The lowest BCUT2D eigenvalue weighted by Crippen LogP contribution is -2.39. The Kier molecular flexibility index (Phi) is 10.2. The molecule has 2 N–H and O–H groups in total. The van der Waals surface area contributed by atoms with Crippen LogP contribution >= 0.6 is 24.0 Å². The molecule has 0 aromatic carbocycles. The highest BCUT2D eigenvalue weighted by molar-refractivity contribution is 14.0. The number of aryl methyl sites for hydroxylation is 1. The van der Waals surface area contributed by atoms with Crippen LogP contribution in [-0.2, 0) is 16.1 Å². The number of esters is 1. The van der Waals surface area contributed by atoms with Crippen LogP contribution < -0.4 is 10.6 Å². The van der Waals surface area contributed by atoms with E-state index < -0.39 is 5.97 Å². The van der Waals surface area contributed by atoms with Crippen molar-refractivity contribution in [2.24, 2.45) is 4.99 Å². The third-order valence-electron chi connectivity index (χ3n) is 4.18. The number of likely N-dealkylation sites (tertiary alicyclic amines) is 1. The number of carbonyl (C=O) groups is 2. The topological polar surface area (TPSA) is 96.2 Å². The number of halogens is 1. The minimum Gasteiger partial charge on any atom is -0.465 e. The van der Waals surface area contributed by atoms with Gasteiger partial charge in [-0.2, -0.15) is 0 Å². The molecule has 152 valence electrons. The molecule has 1 fully saturated rings. The summed E-state index contributed by atoms with van der Waals surface area (Å²) in [6, 6.07) is 1.66. The van der Waals surface area contributed by atoms with E-state index in [1.54, 1.807) is 13.0 Å². The van der Waals surface area contributed by atoms with E-state index in [1.165, 1.54) is 7.11 Å². The highest BCUT2D eigenvalue weighted by atomic mass is 127. The SMILES string of the molecule is CCNC(=NCc1cc(C(=O)OC)c(C)o1)NCCCN1CCCC1=O.I. The molecule has 1 aliphatic heterocycles. The molecular weight excluding hydrogens is 463 g/mol. The highest BCUT2D eigenvalue weighted by Crippen LogP contribution is 2.16. The lowest BCUT2D eigenvalue weighted by Gasteiger charge is -2.16. The summed E-state index contributed by atoms with van der Waals surface area (Å²) in [5.41, 5.74) is 0.422. The number of furan rings is 1. The summed E-state index contributed by atoms with van der Waals surface area (Å²) < 4.78 is 10.3. The van der Waals surface area contributed by atoms with E-state index in [4.69, 9.17) is 9.15 Å². The Morgan fingerprint density at radius 3 is 2.81 bits per heavy atom. The summed E-state index contributed by atoms with van der Waals surface area (Å²) in [4.78, 5) is 29.6. The van der Waals surface area contributed by atoms with Gasteiger partial charge < -0.3 is 24.7 Å². The molecule has 8 nitrogen and oxygen atoms in total. The van der Waals surface area contributed by atoms with Crippen molar-refractivity contribution >= 4 is 41.8 Å². The Morgan fingerprint density at radius 2 is 2.19 bits per heavy atom. The molecule has 9 heteroatoms. The average molecular weight is 492 g/mol. The number of guanidine groups is 1. The number of nitrogens with one attached hydrogen (secondary N) is 2. The summed E-state index contributed by atoms with van der Waals surface area (Å²) in [7, 11) is 1.34. The van der Waals surface area contributed by atoms with E-state index >= 15 is 0 Å². The summed E-state index contributed by atoms with van der Waals surface area (Å²) >= 11 is 0. The fourth-order valence-corrected chi connectivity index (χ4v) is 2.85. The molecule has 0 bridgehead atoms. The molecule has 1 aliphatic rings. The van der Waals surface area contributed by atoms with E-state index in [9.17, 15) is 9.59 Å². The molecule has 2 rings (SSSR count). The summed E-state index contributed by atoms with van der Waals surface area (Å²) in [6.45, 7) is 7.13. The van der Waals surface area contributed by atoms with Crippen LogP contribution in [0, 0.1) is 6.92 Å². The van der Waals surface area contributed by atoms with Crippen molar-refractivity contribution in [2.45, 2.75) is 39.7 Å². The van der Waals surface area contributed by atoms with Crippen LogP contribution in [0.15, 0.2) is 15.5 Å². The Balaban J connectivity index is 0.00000364. The van der Waals surface area contributed by atoms with Gasteiger partial charge in [0.05, 0.1) is 7.11 Å². The molecular formula is C18H29IN4O4. The van der Waals surface area contributed by atoms with Crippen LogP contribution in [0.4, 0.5) is 0 Å². The maximum Gasteiger partial charge on any atom is 0.341 e. The fraction of sp³-hybridized carbons (Fsp3) is 0.611. The lowest BCUT2D eigenvalue weighted by atomic mass is 10.2. The normalized spacial score (nSPS) is 14.1. The van der Waals surface area contributed by atoms with Gasteiger partial charge in [-0.1, -0.05) is 0 Å². The minimum atomic E-state index is -0.414. The van der Waals surface area contributed by atoms with Gasteiger partial charge in [-0.05, 0) is 32.8 Å². The number of methoxy groups -OCH3 is 1. The lowest BCUT2D eigenvalue weighted by molar-refractivity contribution is -0.127. The number of nitrogens with zero attached hydrogens (tertiary/aromatic N) is 2. The molecule has 27 heavy (non-hydrogen) atoms. The maximum atomic E-state index is 11.6. The molecule has 0 spiro atoms. The first-order chi connectivity index (χ1) is 12.5. The van der Waals surface area contributed by atoms with Gasteiger partial charge in [0.1, 0.15) is 23.6 Å². The number of amides is 1. The number of carbonyl (C=O) groups excluding carboxylic acids is 2. The van der Waals surface area contributed by atoms with Crippen molar-refractivity contribution in [3.8, 4) is 0 Å². The van der Waals surface area contributed by atoms with Gasteiger partial charge in [-0.25, -0.2) is 9.79 Å². The summed E-state index contributed by atoms with van der Waals surface area (Å²) in [5, 5.41) is 6.42. The van der Waals surface area contributed by atoms with Crippen molar-refractivity contribution in [3.05, 3.63) is 23.2 Å². The van der Waals surface area contributed by atoms with Gasteiger partial charge >= 0.3 is 5.97 Å². The molecule has 0 aliphatic carbocycles. The highest BCUT2D eigenvalue weighted by Gasteiger charge is 2.19. The van der Waals surface area contributed by atoms with E-state index in [-0.39, 0.29) is 29.9 Å². The standard InChI is InChI=1S/C18H28N4O4.HI/c1-4-19-18(20-8-6-10-22-9-5-7-16(22)23)21-12-14-11-15(13(2)26-14)17(24)25-3;/h11H,4-10,12H2,1-3H3,(H2,19,20,21);1H. The van der Waals surface area contributed by atoms with Crippen LogP contribution in [0.3, 0.4) is 0 Å². The zero-order valence-corrected chi connectivity index (χ0v) is 18.5. The molecule has 2 heterocycles. The predicted octanol–water partition coefficient (Wildman–Crippen LogP) is 2.06. The molecule has 1 aromatic heterocycles. The van der Waals surface area contributed by atoms with Gasteiger partial charge in [0.15, 0.2) is 5.96 Å². The van der Waals surface area contributed by atoms with Crippen LogP contribution in [-0.4, -0.2) is 56.0 Å². The first-order valence-corrected chi connectivity index (χ1v) is 9.02. The average Bonchev–Trinajstić information content (AvgIpc) is 3.21. The van der Waals surface area contributed by atoms with Gasteiger partial charge in [0.2, 0.25) is 5.91 Å². The fourth-order valence-electron chi connectivity index (χ4n) is 2.85. The number of aliphatic imine (C=N–C) groups is 1. The van der Waals surface area contributed by atoms with Crippen molar-refractivity contribution < 1.29 is 18.7 Å². The monoisotopic (exact) mass is 492 g/mol. The zero-order chi connectivity index (χ0) is 18.9. The third kappa shape index (κ3) is 7.04. The Morgan fingerprint density at radius 1 is 1.41 bits per heavy atom. The smallest absolute Gasteiger partial charge is 0.341 e. The van der Waals surface area contributed by atoms with E-state index in [1.807, 2.05) is 11.8 Å². The molecule has 0 atom stereocenters. The Hall–Kier alpha value is -1.78. The van der Waals surface area contributed by atoms with Crippen LogP contribution in [0.5, 0.6) is 0 Å². The second kappa shape index (κ2) is 11.8. The van der Waals surface area contributed by atoms with Gasteiger partial charge in [-0.3, -0.25) is 4.79 Å². The number of rotatable bonds is 8. The van der Waals surface area contributed by atoms with E-state index in [2.05, 4.69) is 15.6 Å². The van der Waals surface area contributed by atoms with E-state index in [0.717, 1.165) is 39.0 Å². The Bertz CT molecular complexity index is 660. The molecule has 0 unspecified atom stereocenters. The maximum absolute atomic E-state index is 11.6. The minimum absolute atomic E-state index is 0. The van der Waals surface area contributed by atoms with Crippen molar-refractivity contribution in [1.29, 1.82) is 0 Å². The summed E-state index contributed by atoms with van der Waals surface area (Å²) in [6.07, 6.45) is 2.50. The number of ether oxygens (including phenoxy) is 1. The second-order valence-corrected chi connectivity index (χ2v) is 6.13. The van der Waals surface area contributed by atoms with Gasteiger partial charge in [0, 0.05) is 32.6 Å². The van der Waals surface area contributed by atoms with Crippen molar-refractivity contribution in [2.75, 3.05) is 33.3 Å². The molecule has 0 saturated carbocycles. The third-order valence-corrected chi connectivity index (χ3v) is 4.18. The van der Waals surface area contributed by atoms with Crippen LogP contribution in [0.1, 0.15) is 48.1 Å². The Labute approximate surface area is 177 Å². The van der Waals surface area contributed by atoms with E-state index in [0.29, 0.717) is 36.0 Å². The first kappa shape index (κ1) is 23.3. The molecule has 1 amide bonds. The predicted molar refractivity (Wildman–Crippen MR) is 113 cm³/mol. The van der Waals surface area contributed by atoms with Gasteiger partial charge in [-0.15, -0.1) is 24.0 Å². The van der Waals surface area contributed by atoms with Gasteiger partial charge in [0.25, 0.3) is 0 Å². The number of hydrogen-bond donors (Lipinski definition) is 2. The molecule has 1 aromatic rings. The molecule has 0 radical (unpaired) electrons.